The van der Waals surface area contributed by atoms with Crippen molar-refractivity contribution in [2.75, 3.05) is 6.61 Å². The number of fused-ring (bicyclic) bond motifs is 1. The van der Waals surface area contributed by atoms with Crippen LogP contribution >= 0.6 is 0 Å². The van der Waals surface area contributed by atoms with E-state index in [0.29, 0.717) is 22.6 Å². The first-order valence-corrected chi connectivity index (χ1v) is 8.92. The molecule has 3 rings (SSSR count). The Morgan fingerprint density at radius 2 is 1.88 bits per heavy atom. The first-order valence-electron chi connectivity index (χ1n) is 8.92. The molecule has 0 aliphatic heterocycles. The second kappa shape index (κ2) is 7.81. The SMILES string of the molecule is C=CCOc1cc2ccc(C3CCC(/C=C/C)CC3)cc2c(F)c1F. The third-order valence-electron chi connectivity index (χ3n) is 5.07. The van der Waals surface area contributed by atoms with Crippen LogP contribution in [0.1, 0.15) is 44.1 Å². The normalized spacial score (nSPS) is 20.9. The minimum absolute atomic E-state index is 0.0653. The molecule has 0 bridgehead atoms. The average molecular weight is 342 g/mol. The summed E-state index contributed by atoms with van der Waals surface area (Å²) in [5, 5.41) is 0.987. The molecule has 0 heterocycles. The highest BCUT2D eigenvalue weighted by molar-refractivity contribution is 5.85. The van der Waals surface area contributed by atoms with Crippen molar-refractivity contribution in [2.45, 2.75) is 38.5 Å². The zero-order valence-electron chi connectivity index (χ0n) is 14.6. The zero-order chi connectivity index (χ0) is 17.8. The van der Waals surface area contributed by atoms with Crippen molar-refractivity contribution in [2.24, 2.45) is 5.92 Å². The van der Waals surface area contributed by atoms with E-state index in [2.05, 4.69) is 25.7 Å². The molecular formula is C22H24F2O. The molecule has 0 unspecified atom stereocenters. The second-order valence-electron chi connectivity index (χ2n) is 6.72. The quantitative estimate of drug-likeness (QED) is 0.561. The summed E-state index contributed by atoms with van der Waals surface area (Å²) in [5.41, 5.74) is 1.10. The number of hydrogen-bond donors (Lipinski definition) is 0. The standard InChI is InChI=1S/C22H24F2O/c1-3-5-15-6-8-16(9-7-15)17-10-11-18-14-20(25-12-4-2)22(24)21(23)19(18)13-17/h3-5,10-11,13-16H,2,6-9,12H2,1H3/b5-3+. The van der Waals surface area contributed by atoms with Gasteiger partial charge in [0.25, 0.3) is 0 Å². The van der Waals surface area contributed by atoms with Crippen LogP contribution in [0, 0.1) is 17.6 Å². The second-order valence-corrected chi connectivity index (χ2v) is 6.72. The molecule has 3 heteroatoms. The van der Waals surface area contributed by atoms with Crippen LogP contribution in [0.25, 0.3) is 10.8 Å². The van der Waals surface area contributed by atoms with E-state index in [1.807, 2.05) is 18.2 Å². The fraction of sp³-hybridized carbons (Fsp3) is 0.364. The van der Waals surface area contributed by atoms with Gasteiger partial charge in [0.05, 0.1) is 0 Å². The number of halogens is 2. The summed E-state index contributed by atoms with van der Waals surface area (Å²) < 4.78 is 33.9. The molecule has 0 spiro atoms. The largest absolute Gasteiger partial charge is 0.486 e. The summed E-state index contributed by atoms with van der Waals surface area (Å²) in [4.78, 5) is 0. The van der Waals surface area contributed by atoms with Gasteiger partial charge in [-0.15, -0.1) is 0 Å². The molecule has 132 valence electrons. The predicted octanol–water partition coefficient (Wildman–Crippen LogP) is 6.53. The van der Waals surface area contributed by atoms with Gasteiger partial charge in [0.15, 0.2) is 11.6 Å². The Morgan fingerprint density at radius 3 is 2.56 bits per heavy atom. The highest BCUT2D eigenvalue weighted by atomic mass is 19.2. The van der Waals surface area contributed by atoms with Gasteiger partial charge < -0.3 is 4.74 Å². The molecule has 2 aromatic rings. The fourth-order valence-corrected chi connectivity index (χ4v) is 3.75. The van der Waals surface area contributed by atoms with Crippen LogP contribution in [-0.4, -0.2) is 6.61 Å². The van der Waals surface area contributed by atoms with Gasteiger partial charge in [-0.1, -0.05) is 36.9 Å². The van der Waals surface area contributed by atoms with Crippen molar-refractivity contribution >= 4 is 10.8 Å². The highest BCUT2D eigenvalue weighted by Gasteiger charge is 2.22. The Hall–Kier alpha value is -2.16. The molecule has 0 saturated heterocycles. The molecule has 1 fully saturated rings. The van der Waals surface area contributed by atoms with Gasteiger partial charge in [-0.2, -0.15) is 4.39 Å². The first-order chi connectivity index (χ1) is 12.1. The van der Waals surface area contributed by atoms with Gasteiger partial charge in [-0.25, -0.2) is 4.39 Å². The van der Waals surface area contributed by atoms with Gasteiger partial charge in [-0.3, -0.25) is 0 Å². The van der Waals surface area contributed by atoms with Gasteiger partial charge in [0.2, 0.25) is 5.82 Å². The molecule has 1 aliphatic carbocycles. The lowest BCUT2D eigenvalue weighted by Crippen LogP contribution is -2.11. The number of allylic oxidation sites excluding steroid dienone is 2. The molecule has 0 atom stereocenters. The maximum Gasteiger partial charge on any atom is 0.201 e. The van der Waals surface area contributed by atoms with E-state index in [1.165, 1.54) is 6.08 Å². The lowest BCUT2D eigenvalue weighted by molar-refractivity contribution is 0.334. The topological polar surface area (TPSA) is 9.23 Å². The summed E-state index contributed by atoms with van der Waals surface area (Å²) in [6, 6.07) is 7.28. The molecular weight excluding hydrogens is 318 g/mol. The van der Waals surface area contributed by atoms with Crippen LogP contribution < -0.4 is 4.74 Å². The molecule has 1 nitrogen and oxygen atoms in total. The van der Waals surface area contributed by atoms with E-state index in [-0.39, 0.29) is 12.4 Å². The third kappa shape index (κ3) is 3.76. The van der Waals surface area contributed by atoms with Gasteiger partial charge in [0.1, 0.15) is 6.61 Å². The third-order valence-corrected chi connectivity index (χ3v) is 5.07. The molecule has 25 heavy (non-hydrogen) atoms. The molecule has 1 saturated carbocycles. The Bertz CT molecular complexity index is 786. The van der Waals surface area contributed by atoms with E-state index in [9.17, 15) is 8.78 Å². The van der Waals surface area contributed by atoms with Crippen LogP contribution in [0.2, 0.25) is 0 Å². The molecule has 0 amide bonds. The first kappa shape index (κ1) is 17.7. The minimum Gasteiger partial charge on any atom is -0.486 e. The number of ether oxygens (including phenoxy) is 1. The molecule has 0 N–H and O–H groups in total. The van der Waals surface area contributed by atoms with Crippen LogP contribution in [-0.2, 0) is 0 Å². The lowest BCUT2D eigenvalue weighted by atomic mass is 9.78. The van der Waals surface area contributed by atoms with E-state index in [0.717, 1.165) is 31.2 Å². The van der Waals surface area contributed by atoms with E-state index in [1.54, 1.807) is 6.07 Å². The average Bonchev–Trinajstić information content (AvgIpc) is 2.64. The van der Waals surface area contributed by atoms with E-state index < -0.39 is 11.6 Å². The highest BCUT2D eigenvalue weighted by Crippen LogP contribution is 2.38. The Morgan fingerprint density at radius 1 is 1.12 bits per heavy atom. The van der Waals surface area contributed by atoms with Gasteiger partial charge in [0, 0.05) is 5.39 Å². The van der Waals surface area contributed by atoms with Crippen molar-refractivity contribution < 1.29 is 13.5 Å². The Balaban J connectivity index is 1.87. The Kier molecular flexibility index (Phi) is 5.52. The van der Waals surface area contributed by atoms with Crippen molar-refractivity contribution in [3.63, 3.8) is 0 Å². The van der Waals surface area contributed by atoms with E-state index >= 15 is 0 Å². The van der Waals surface area contributed by atoms with Crippen LogP contribution in [0.4, 0.5) is 8.78 Å². The van der Waals surface area contributed by atoms with Gasteiger partial charge >= 0.3 is 0 Å². The van der Waals surface area contributed by atoms with Crippen molar-refractivity contribution in [3.8, 4) is 5.75 Å². The van der Waals surface area contributed by atoms with Crippen LogP contribution in [0.5, 0.6) is 5.75 Å². The predicted molar refractivity (Wildman–Crippen MR) is 99.1 cm³/mol. The van der Waals surface area contributed by atoms with E-state index in [4.69, 9.17) is 4.74 Å². The number of rotatable bonds is 5. The maximum absolute atomic E-state index is 14.5. The molecule has 0 radical (unpaired) electrons. The monoisotopic (exact) mass is 342 g/mol. The zero-order valence-corrected chi connectivity index (χ0v) is 14.6. The fourth-order valence-electron chi connectivity index (χ4n) is 3.75. The molecule has 2 aromatic carbocycles. The van der Waals surface area contributed by atoms with Crippen molar-refractivity contribution in [1.29, 1.82) is 0 Å². The number of benzene rings is 2. The molecule has 0 aromatic heterocycles. The smallest absolute Gasteiger partial charge is 0.201 e. The summed E-state index contributed by atoms with van der Waals surface area (Å²) in [6.45, 7) is 5.73. The summed E-state index contributed by atoms with van der Waals surface area (Å²) in [7, 11) is 0. The summed E-state index contributed by atoms with van der Waals surface area (Å²) in [6.07, 6.45) is 10.4. The van der Waals surface area contributed by atoms with Crippen LogP contribution in [0.15, 0.2) is 49.1 Å². The minimum atomic E-state index is -0.928. The number of hydrogen-bond acceptors (Lipinski definition) is 1. The van der Waals surface area contributed by atoms with Gasteiger partial charge in [-0.05, 0) is 67.5 Å². The Labute approximate surface area is 148 Å². The van der Waals surface area contributed by atoms with Crippen molar-refractivity contribution in [3.05, 3.63) is 66.3 Å². The summed E-state index contributed by atoms with van der Waals surface area (Å²) in [5.74, 6) is -0.751. The molecule has 1 aliphatic rings. The maximum atomic E-state index is 14.5. The lowest BCUT2D eigenvalue weighted by Gasteiger charge is -2.27. The van der Waals surface area contributed by atoms with Crippen molar-refractivity contribution in [1.82, 2.24) is 0 Å². The van der Waals surface area contributed by atoms with Crippen LogP contribution in [0.3, 0.4) is 0 Å². The summed E-state index contributed by atoms with van der Waals surface area (Å²) >= 11 is 0.